The van der Waals surface area contributed by atoms with Crippen LogP contribution in [0.1, 0.15) is 11.1 Å². The van der Waals surface area contributed by atoms with E-state index in [1.54, 1.807) is 6.92 Å². The average Bonchev–Trinajstić information content (AvgIpc) is 1.86. The second kappa shape index (κ2) is 5.88. The summed E-state index contributed by atoms with van der Waals surface area (Å²) in [6.45, 7) is 1.60. The monoisotopic (exact) mass is 262 g/mol. The molecule has 5 heteroatoms. The van der Waals surface area contributed by atoms with E-state index in [1.807, 2.05) is 0 Å². The van der Waals surface area contributed by atoms with Gasteiger partial charge in [-0.25, -0.2) is 0 Å². The van der Waals surface area contributed by atoms with Gasteiger partial charge in [-0.05, 0) is 0 Å². The summed E-state index contributed by atoms with van der Waals surface area (Å²) in [5.74, 6) is 0. The Bertz CT molecular complexity index is 260. The summed E-state index contributed by atoms with van der Waals surface area (Å²) in [5, 5.41) is 0. The van der Waals surface area contributed by atoms with E-state index in [2.05, 4.69) is 6.07 Å². The molecule has 0 heterocycles. The van der Waals surface area contributed by atoms with Crippen LogP contribution in [0.5, 0.6) is 0 Å². The second-order valence-corrected chi connectivity index (χ2v) is 2.30. The van der Waals surface area contributed by atoms with E-state index in [0.29, 0.717) is 5.56 Å². The zero-order valence-corrected chi connectivity index (χ0v) is 9.95. The van der Waals surface area contributed by atoms with Crippen LogP contribution >= 0.6 is 0 Å². The molecule has 0 spiro atoms. The van der Waals surface area contributed by atoms with Gasteiger partial charge in [0.2, 0.25) is 0 Å². The predicted molar refractivity (Wildman–Crippen MR) is 40.8 cm³/mol. The first-order chi connectivity index (χ1) is 5.00. The summed E-state index contributed by atoms with van der Waals surface area (Å²) >= 11 is 0. The van der Waals surface area contributed by atoms with E-state index < -0.39 is 11.7 Å². The molecular weight excluding hydrogens is 257 g/mol. The molecule has 0 unspecified atom stereocenters. The predicted octanol–water partition coefficient (Wildman–Crippen LogP) is -0.563. The van der Waals surface area contributed by atoms with Crippen molar-refractivity contribution in [3.8, 4) is 0 Å². The van der Waals surface area contributed by atoms with Crippen molar-refractivity contribution in [3.63, 3.8) is 0 Å². The van der Waals surface area contributed by atoms with Gasteiger partial charge in [-0.3, -0.25) is 0 Å². The Kier molecular flexibility index (Phi) is 7.10. The molecule has 0 amide bonds. The molecule has 1 aromatic carbocycles. The van der Waals surface area contributed by atoms with E-state index in [9.17, 15) is 13.2 Å². The molecule has 0 aromatic heterocycles. The molecule has 0 nitrogen and oxygen atoms in total. The summed E-state index contributed by atoms with van der Waals surface area (Å²) in [5.41, 5.74) is -0.0719. The Morgan fingerprint density at radius 3 is 2.08 bits per heavy atom. The Balaban J connectivity index is 0. The molecule has 0 aliphatic heterocycles. The van der Waals surface area contributed by atoms with Crippen molar-refractivity contribution in [2.24, 2.45) is 0 Å². The summed E-state index contributed by atoms with van der Waals surface area (Å²) in [7, 11) is 0. The fourth-order valence-electron chi connectivity index (χ4n) is 0.755. The van der Waals surface area contributed by atoms with Crippen molar-refractivity contribution < 1.29 is 30.2 Å². The largest absolute Gasteiger partial charge is 2.00 e. The Morgan fingerprint density at radius 2 is 1.77 bits per heavy atom. The number of aryl methyl sites for hydroxylation is 1. The zero-order valence-electron chi connectivity index (χ0n) is 6.95. The smallest absolute Gasteiger partial charge is 1.00 e. The maximum Gasteiger partial charge on any atom is 2.00 e. The van der Waals surface area contributed by atoms with Gasteiger partial charge < -0.3 is 17.0 Å². The van der Waals surface area contributed by atoms with E-state index in [1.165, 1.54) is 6.07 Å². The van der Waals surface area contributed by atoms with Gasteiger partial charge in [-0.2, -0.15) is 43.0 Å². The third-order valence-corrected chi connectivity index (χ3v) is 1.26. The van der Waals surface area contributed by atoms with Gasteiger partial charge in [0, 0.05) is 0 Å². The van der Waals surface area contributed by atoms with Crippen LogP contribution in [-0.2, 0) is 6.18 Å². The van der Waals surface area contributed by atoms with Crippen LogP contribution < -0.4 is 17.0 Å². The number of benzene rings is 1. The van der Waals surface area contributed by atoms with E-state index in [0.717, 1.165) is 12.1 Å². The van der Waals surface area contributed by atoms with Gasteiger partial charge in [0.1, 0.15) is 0 Å². The molecule has 0 radical (unpaired) electrons. The van der Waals surface area contributed by atoms with Crippen LogP contribution in [0.25, 0.3) is 0 Å². The van der Waals surface area contributed by atoms with Crippen molar-refractivity contribution in [2.45, 2.75) is 13.1 Å². The molecule has 1 aromatic rings. The van der Waals surface area contributed by atoms with Crippen LogP contribution in [0.15, 0.2) is 18.2 Å². The quantitative estimate of drug-likeness (QED) is 0.435. The van der Waals surface area contributed by atoms with Crippen molar-refractivity contribution in [1.82, 2.24) is 0 Å². The SMILES string of the molecule is Cc1c[c-]cc(C(F)(F)F)c1.[Br-].[Mg+2]. The van der Waals surface area contributed by atoms with Crippen molar-refractivity contribution in [3.05, 3.63) is 35.4 Å². The van der Waals surface area contributed by atoms with Gasteiger partial charge >= 0.3 is 29.2 Å². The Morgan fingerprint density at radius 1 is 1.23 bits per heavy atom. The van der Waals surface area contributed by atoms with Gasteiger partial charge in [0.25, 0.3) is 0 Å². The minimum absolute atomic E-state index is 0. The van der Waals surface area contributed by atoms with Crippen molar-refractivity contribution in [1.29, 1.82) is 0 Å². The third kappa shape index (κ3) is 4.88. The van der Waals surface area contributed by atoms with Gasteiger partial charge in [0.05, 0.1) is 0 Å². The average molecular weight is 263 g/mol. The molecule has 0 atom stereocenters. The summed E-state index contributed by atoms with van der Waals surface area (Å²) in [6.07, 6.45) is -4.25. The second-order valence-electron chi connectivity index (χ2n) is 2.30. The van der Waals surface area contributed by atoms with Crippen LogP contribution in [0.4, 0.5) is 13.2 Å². The normalized spacial score (nSPS) is 9.85. The minimum atomic E-state index is -4.25. The van der Waals surface area contributed by atoms with Gasteiger partial charge in [-0.15, -0.1) is 0 Å². The molecule has 13 heavy (non-hydrogen) atoms. The molecule has 0 aliphatic rings. The van der Waals surface area contributed by atoms with E-state index >= 15 is 0 Å². The molecule has 0 bridgehead atoms. The molecule has 0 fully saturated rings. The zero-order chi connectivity index (χ0) is 8.48. The standard InChI is InChI=1S/C8H6F3.BrH.Mg/c1-6-3-2-4-7(5-6)8(9,10)11;;/h3-5H,1H3;1H;/q-1;;+2/p-1. The fraction of sp³-hybridized carbons (Fsp3) is 0.250. The van der Waals surface area contributed by atoms with E-state index in [-0.39, 0.29) is 40.0 Å². The Labute approximate surface area is 101 Å². The first-order valence-corrected chi connectivity index (χ1v) is 3.05. The summed E-state index contributed by atoms with van der Waals surface area (Å²) < 4.78 is 35.8. The molecule has 0 N–H and O–H groups in total. The van der Waals surface area contributed by atoms with Crippen molar-refractivity contribution in [2.75, 3.05) is 0 Å². The fourth-order valence-corrected chi connectivity index (χ4v) is 0.755. The number of halogens is 4. The number of alkyl halides is 3. The van der Waals surface area contributed by atoms with Crippen LogP contribution in [0.2, 0.25) is 0 Å². The first kappa shape index (κ1) is 15.7. The molecule has 0 saturated heterocycles. The van der Waals surface area contributed by atoms with Gasteiger partial charge in [0.15, 0.2) is 0 Å². The maximum atomic E-state index is 11.9. The minimum Gasteiger partial charge on any atom is -1.00 e. The number of hydrogen-bond acceptors (Lipinski definition) is 0. The summed E-state index contributed by atoms with van der Waals surface area (Å²) in [6, 6.07) is 5.96. The first-order valence-electron chi connectivity index (χ1n) is 3.05. The number of rotatable bonds is 0. The topological polar surface area (TPSA) is 0 Å². The van der Waals surface area contributed by atoms with E-state index in [4.69, 9.17) is 0 Å². The maximum absolute atomic E-state index is 11.9. The molecule has 0 aliphatic carbocycles. The van der Waals surface area contributed by atoms with Gasteiger partial charge in [-0.1, -0.05) is 12.5 Å². The summed E-state index contributed by atoms with van der Waals surface area (Å²) in [4.78, 5) is 0. The van der Waals surface area contributed by atoms with Crippen LogP contribution in [0, 0.1) is 13.0 Å². The van der Waals surface area contributed by atoms with Crippen LogP contribution in [-0.4, -0.2) is 23.1 Å². The number of hydrogen-bond donors (Lipinski definition) is 0. The molecule has 68 valence electrons. The third-order valence-electron chi connectivity index (χ3n) is 1.26. The van der Waals surface area contributed by atoms with Crippen molar-refractivity contribution >= 4 is 23.1 Å². The molecule has 1 rings (SSSR count). The van der Waals surface area contributed by atoms with Crippen LogP contribution in [0.3, 0.4) is 0 Å². The molecule has 0 saturated carbocycles. The molecular formula is C8H6BrF3Mg. The Hall–Kier alpha value is 0.256.